The molecule has 5 N–H and O–H groups in total. The van der Waals surface area contributed by atoms with Crippen molar-refractivity contribution in [2.24, 2.45) is 11.7 Å². The van der Waals surface area contributed by atoms with Crippen molar-refractivity contribution >= 4 is 17.9 Å². The van der Waals surface area contributed by atoms with E-state index in [1.54, 1.807) is 31.2 Å². The molecule has 0 heterocycles. The van der Waals surface area contributed by atoms with Crippen LogP contribution in [0.4, 0.5) is 4.79 Å². The Morgan fingerprint density at radius 3 is 2.29 bits per heavy atom. The summed E-state index contributed by atoms with van der Waals surface area (Å²) in [6.07, 6.45) is 0.452. The van der Waals surface area contributed by atoms with Gasteiger partial charge in [0.2, 0.25) is 0 Å². The number of carbonyl (C=O) groups excluding carboxylic acids is 2. The van der Waals surface area contributed by atoms with E-state index in [2.05, 4.69) is 10.6 Å². The van der Waals surface area contributed by atoms with Gasteiger partial charge in [-0.3, -0.25) is 9.59 Å². The molecule has 7 heteroatoms. The Labute approximate surface area is 122 Å². The molecule has 1 aromatic rings. The van der Waals surface area contributed by atoms with E-state index in [0.29, 0.717) is 12.0 Å². The van der Waals surface area contributed by atoms with Crippen molar-refractivity contribution in [2.75, 3.05) is 6.54 Å². The normalized spacial score (nSPS) is 11.5. The lowest BCUT2D eigenvalue weighted by Crippen LogP contribution is -2.32. The van der Waals surface area contributed by atoms with Gasteiger partial charge in [-0.1, -0.05) is 19.1 Å². The molecule has 0 saturated carbocycles. The molecule has 0 aliphatic heterocycles. The number of primary amides is 1. The van der Waals surface area contributed by atoms with Crippen LogP contribution in [0.1, 0.15) is 29.3 Å². The maximum atomic E-state index is 11.9. The summed E-state index contributed by atoms with van der Waals surface area (Å²) in [5, 5.41) is 13.9. The molecule has 7 nitrogen and oxygen atoms in total. The highest BCUT2D eigenvalue weighted by Gasteiger charge is 2.16. The van der Waals surface area contributed by atoms with Crippen LogP contribution >= 0.6 is 0 Å². The lowest BCUT2D eigenvalue weighted by atomic mass is 10.1. The number of nitrogens with two attached hydrogens (primary N) is 1. The van der Waals surface area contributed by atoms with Gasteiger partial charge < -0.3 is 21.5 Å². The number of aliphatic carboxylic acids is 1. The molecule has 0 saturated heterocycles. The molecule has 0 bridgehead atoms. The van der Waals surface area contributed by atoms with Crippen LogP contribution in [-0.4, -0.2) is 29.6 Å². The number of carboxylic acids is 1. The van der Waals surface area contributed by atoms with Crippen LogP contribution < -0.4 is 16.4 Å². The van der Waals surface area contributed by atoms with Crippen molar-refractivity contribution in [2.45, 2.75) is 19.9 Å². The Bertz CT molecular complexity index is 513. The molecular formula is C14H19N3O4. The zero-order chi connectivity index (χ0) is 15.8. The van der Waals surface area contributed by atoms with E-state index in [0.717, 1.165) is 5.56 Å². The van der Waals surface area contributed by atoms with E-state index >= 15 is 0 Å². The van der Waals surface area contributed by atoms with Gasteiger partial charge in [-0.2, -0.15) is 0 Å². The number of carbonyl (C=O) groups is 3. The van der Waals surface area contributed by atoms with Gasteiger partial charge in [-0.05, 0) is 24.1 Å². The number of urea groups is 1. The minimum absolute atomic E-state index is 0.0929. The quantitative estimate of drug-likeness (QED) is 0.591. The van der Waals surface area contributed by atoms with E-state index < -0.39 is 17.9 Å². The summed E-state index contributed by atoms with van der Waals surface area (Å²) >= 11 is 0. The monoisotopic (exact) mass is 293 g/mol. The fourth-order valence-corrected chi connectivity index (χ4v) is 1.69. The summed E-state index contributed by atoms with van der Waals surface area (Å²) in [6.45, 7) is 2.13. The summed E-state index contributed by atoms with van der Waals surface area (Å²) in [5.74, 6) is -1.84. The number of hydrogen-bond donors (Lipinski definition) is 4. The third-order valence-electron chi connectivity index (χ3n) is 3.03. The largest absolute Gasteiger partial charge is 0.481 e. The van der Waals surface area contributed by atoms with Crippen molar-refractivity contribution < 1.29 is 19.5 Å². The minimum atomic E-state index is -0.925. The summed E-state index contributed by atoms with van der Waals surface area (Å²) in [7, 11) is 0. The van der Waals surface area contributed by atoms with Crippen LogP contribution in [0.3, 0.4) is 0 Å². The molecule has 0 fully saturated rings. The van der Waals surface area contributed by atoms with Crippen LogP contribution in [0.25, 0.3) is 0 Å². The highest BCUT2D eigenvalue weighted by atomic mass is 16.4. The van der Waals surface area contributed by atoms with Crippen LogP contribution in [0.5, 0.6) is 0 Å². The molecule has 0 aliphatic carbocycles. The van der Waals surface area contributed by atoms with Crippen molar-refractivity contribution in [1.82, 2.24) is 10.6 Å². The zero-order valence-corrected chi connectivity index (χ0v) is 11.8. The number of nitrogens with one attached hydrogen (secondary N) is 2. The zero-order valence-electron chi connectivity index (χ0n) is 11.8. The van der Waals surface area contributed by atoms with Crippen LogP contribution in [0.2, 0.25) is 0 Å². The molecule has 114 valence electrons. The molecule has 3 amide bonds. The van der Waals surface area contributed by atoms with E-state index in [9.17, 15) is 14.4 Å². The third kappa shape index (κ3) is 5.52. The number of rotatable bonds is 7. The van der Waals surface area contributed by atoms with Crippen LogP contribution in [0, 0.1) is 5.92 Å². The fraction of sp³-hybridized carbons (Fsp3) is 0.357. The van der Waals surface area contributed by atoms with Crippen molar-refractivity contribution in [3.8, 4) is 0 Å². The van der Waals surface area contributed by atoms with Gasteiger partial charge in [0.25, 0.3) is 5.91 Å². The van der Waals surface area contributed by atoms with Gasteiger partial charge in [-0.25, -0.2) is 4.79 Å². The Kier molecular flexibility index (Phi) is 6.19. The molecule has 1 aromatic carbocycles. The standard InChI is InChI=1S/C14H19N3O4/c1-2-10(13(19)20)8-16-12(18)11-5-3-9(4-6-11)7-17-14(15)21/h3-6,10H,2,7-8H2,1H3,(H,16,18)(H,19,20)(H3,15,17,21). The first-order valence-corrected chi connectivity index (χ1v) is 6.57. The molecule has 1 atom stereocenters. The molecule has 1 unspecified atom stereocenters. The summed E-state index contributed by atoms with van der Waals surface area (Å²) < 4.78 is 0. The van der Waals surface area contributed by atoms with E-state index in [1.165, 1.54) is 0 Å². The number of amides is 3. The SMILES string of the molecule is CCC(CNC(=O)c1ccc(CNC(N)=O)cc1)C(=O)O. The summed E-state index contributed by atoms with van der Waals surface area (Å²) in [4.78, 5) is 33.3. The smallest absolute Gasteiger partial charge is 0.312 e. The average Bonchev–Trinajstić information content (AvgIpc) is 2.45. The van der Waals surface area contributed by atoms with Crippen molar-refractivity contribution in [3.05, 3.63) is 35.4 Å². The minimum Gasteiger partial charge on any atom is -0.481 e. The second-order valence-electron chi connectivity index (χ2n) is 4.57. The van der Waals surface area contributed by atoms with Crippen LogP contribution in [-0.2, 0) is 11.3 Å². The van der Waals surface area contributed by atoms with Gasteiger partial charge in [0.15, 0.2) is 0 Å². The second kappa shape index (κ2) is 7.88. The predicted octanol–water partition coefficient (Wildman–Crippen LogP) is 0.695. The third-order valence-corrected chi connectivity index (χ3v) is 3.03. The highest BCUT2D eigenvalue weighted by molar-refractivity contribution is 5.94. The Hall–Kier alpha value is -2.57. The maximum Gasteiger partial charge on any atom is 0.312 e. The first kappa shape index (κ1) is 16.5. The number of hydrogen-bond acceptors (Lipinski definition) is 3. The van der Waals surface area contributed by atoms with Crippen molar-refractivity contribution in [3.63, 3.8) is 0 Å². The summed E-state index contributed by atoms with van der Waals surface area (Å²) in [6, 6.07) is 5.99. The molecule has 0 aliphatic rings. The van der Waals surface area contributed by atoms with E-state index in [1.807, 2.05) is 0 Å². The van der Waals surface area contributed by atoms with Gasteiger partial charge in [0.05, 0.1) is 5.92 Å². The first-order chi connectivity index (χ1) is 9.93. The van der Waals surface area contributed by atoms with Gasteiger partial charge in [0.1, 0.15) is 0 Å². The molecule has 0 radical (unpaired) electrons. The second-order valence-corrected chi connectivity index (χ2v) is 4.57. The Balaban J connectivity index is 2.55. The molecule has 21 heavy (non-hydrogen) atoms. The highest BCUT2D eigenvalue weighted by Crippen LogP contribution is 2.06. The fourth-order valence-electron chi connectivity index (χ4n) is 1.69. The van der Waals surface area contributed by atoms with Crippen LogP contribution in [0.15, 0.2) is 24.3 Å². The van der Waals surface area contributed by atoms with E-state index in [-0.39, 0.29) is 19.0 Å². The lowest BCUT2D eigenvalue weighted by molar-refractivity contribution is -0.141. The first-order valence-electron chi connectivity index (χ1n) is 6.57. The number of carboxylic acid groups (broad SMARTS) is 1. The molecular weight excluding hydrogens is 274 g/mol. The summed E-state index contributed by atoms with van der Waals surface area (Å²) in [5.41, 5.74) is 6.20. The predicted molar refractivity (Wildman–Crippen MR) is 76.6 cm³/mol. The molecule has 1 rings (SSSR count). The Morgan fingerprint density at radius 1 is 1.19 bits per heavy atom. The molecule has 0 aromatic heterocycles. The molecule has 0 spiro atoms. The number of benzene rings is 1. The van der Waals surface area contributed by atoms with E-state index in [4.69, 9.17) is 10.8 Å². The lowest BCUT2D eigenvalue weighted by Gasteiger charge is -2.11. The maximum absolute atomic E-state index is 11.9. The van der Waals surface area contributed by atoms with Gasteiger partial charge in [-0.15, -0.1) is 0 Å². The van der Waals surface area contributed by atoms with Crippen molar-refractivity contribution in [1.29, 1.82) is 0 Å². The average molecular weight is 293 g/mol. The topological polar surface area (TPSA) is 122 Å². The van der Waals surface area contributed by atoms with Gasteiger partial charge >= 0.3 is 12.0 Å². The Morgan fingerprint density at radius 2 is 1.81 bits per heavy atom. The van der Waals surface area contributed by atoms with Gasteiger partial charge in [0, 0.05) is 18.7 Å².